The lowest BCUT2D eigenvalue weighted by atomic mass is 9.74. The first-order valence-corrected chi connectivity index (χ1v) is 9.05. The summed E-state index contributed by atoms with van der Waals surface area (Å²) in [6.07, 6.45) is -1.00. The number of aliphatic hydroxyl groups excluding tert-OH is 1. The summed E-state index contributed by atoms with van der Waals surface area (Å²) in [4.78, 5) is 43.4. The standard InChI is InChI=1S/C21H19NO7/c1-8(23)9-6-11-14(12(24)7-9)19(26)16-17(21(11)29-22)18(25)10-4-3-5-13(28-2)15(10)20(16)27/h3-5,9,12,24,26H,6-7,22H2,1-2H3/t9-,12+/m1/s1. The second-order valence-electron chi connectivity index (χ2n) is 7.24. The van der Waals surface area contributed by atoms with Crippen molar-refractivity contribution in [1.29, 1.82) is 0 Å². The molecule has 8 heteroatoms. The van der Waals surface area contributed by atoms with Gasteiger partial charge in [0.25, 0.3) is 0 Å². The Labute approximate surface area is 165 Å². The number of methoxy groups -OCH3 is 1. The second kappa shape index (κ2) is 6.68. The molecule has 2 aromatic carbocycles. The average Bonchev–Trinajstić information content (AvgIpc) is 2.70. The van der Waals surface area contributed by atoms with Gasteiger partial charge in [0.05, 0.1) is 29.9 Å². The minimum absolute atomic E-state index is 0.0256. The number of phenols is 1. The SMILES string of the molecule is COc1cccc2c1C(=O)c1c(O)c3c(c(ON)c1C2=O)C[C@@H](C(C)=O)C[C@@H]3O. The second-order valence-corrected chi connectivity index (χ2v) is 7.24. The van der Waals surface area contributed by atoms with Crippen molar-refractivity contribution in [2.75, 3.05) is 7.11 Å². The molecular formula is C21H19NO7. The Morgan fingerprint density at radius 1 is 1.17 bits per heavy atom. The van der Waals surface area contributed by atoms with Crippen LogP contribution in [0.5, 0.6) is 17.2 Å². The summed E-state index contributed by atoms with van der Waals surface area (Å²) in [5.41, 5.74) is -0.0227. The third kappa shape index (κ3) is 2.56. The molecule has 2 atom stereocenters. The number of hydrogen-bond donors (Lipinski definition) is 3. The highest BCUT2D eigenvalue weighted by Crippen LogP contribution is 2.50. The number of aromatic hydroxyl groups is 1. The summed E-state index contributed by atoms with van der Waals surface area (Å²) in [5, 5.41) is 21.5. The number of fused-ring (bicyclic) bond motifs is 3. The predicted molar refractivity (Wildman–Crippen MR) is 100 cm³/mol. The maximum absolute atomic E-state index is 13.3. The van der Waals surface area contributed by atoms with Crippen LogP contribution in [0.15, 0.2) is 18.2 Å². The third-order valence-corrected chi connectivity index (χ3v) is 5.72. The molecule has 0 amide bonds. The zero-order chi connectivity index (χ0) is 21.0. The quantitative estimate of drug-likeness (QED) is 0.567. The molecule has 0 spiro atoms. The maximum Gasteiger partial charge on any atom is 0.202 e. The number of hydrogen-bond acceptors (Lipinski definition) is 8. The van der Waals surface area contributed by atoms with Crippen LogP contribution in [0.4, 0.5) is 0 Å². The van der Waals surface area contributed by atoms with Crippen molar-refractivity contribution < 1.29 is 34.2 Å². The van der Waals surface area contributed by atoms with Crippen molar-refractivity contribution in [3.05, 3.63) is 51.6 Å². The minimum atomic E-state index is -1.21. The smallest absolute Gasteiger partial charge is 0.202 e. The molecule has 29 heavy (non-hydrogen) atoms. The summed E-state index contributed by atoms with van der Waals surface area (Å²) < 4.78 is 5.22. The van der Waals surface area contributed by atoms with Gasteiger partial charge < -0.3 is 19.8 Å². The van der Waals surface area contributed by atoms with Crippen LogP contribution in [-0.4, -0.2) is 34.7 Å². The molecular weight excluding hydrogens is 378 g/mol. The number of ketones is 3. The number of ether oxygens (including phenoxy) is 1. The van der Waals surface area contributed by atoms with Gasteiger partial charge in [-0.25, -0.2) is 0 Å². The molecule has 8 nitrogen and oxygen atoms in total. The van der Waals surface area contributed by atoms with E-state index >= 15 is 0 Å². The van der Waals surface area contributed by atoms with Crippen LogP contribution in [0, 0.1) is 5.92 Å². The fourth-order valence-corrected chi connectivity index (χ4v) is 4.32. The molecule has 0 heterocycles. The Kier molecular flexibility index (Phi) is 4.40. The minimum Gasteiger partial charge on any atom is -0.507 e. The van der Waals surface area contributed by atoms with Crippen molar-refractivity contribution in [3.8, 4) is 17.2 Å². The molecule has 0 bridgehead atoms. The number of rotatable bonds is 3. The lowest BCUT2D eigenvalue weighted by Gasteiger charge is -2.32. The number of nitrogens with two attached hydrogens (primary N) is 1. The largest absolute Gasteiger partial charge is 0.507 e. The van der Waals surface area contributed by atoms with Gasteiger partial charge in [-0.3, -0.25) is 14.4 Å². The van der Waals surface area contributed by atoms with Gasteiger partial charge in [-0.15, -0.1) is 0 Å². The lowest BCUT2D eigenvalue weighted by Crippen LogP contribution is -2.29. The first-order valence-electron chi connectivity index (χ1n) is 9.05. The van der Waals surface area contributed by atoms with Crippen LogP contribution in [-0.2, 0) is 11.2 Å². The molecule has 2 aromatic rings. The highest BCUT2D eigenvalue weighted by Gasteiger charge is 2.43. The van der Waals surface area contributed by atoms with Crippen molar-refractivity contribution >= 4 is 17.3 Å². The van der Waals surface area contributed by atoms with E-state index in [9.17, 15) is 24.6 Å². The van der Waals surface area contributed by atoms with E-state index in [1.54, 1.807) is 6.07 Å². The van der Waals surface area contributed by atoms with E-state index in [0.29, 0.717) is 0 Å². The van der Waals surface area contributed by atoms with Crippen LogP contribution in [0.25, 0.3) is 0 Å². The summed E-state index contributed by atoms with van der Waals surface area (Å²) in [7, 11) is 1.37. The Morgan fingerprint density at radius 2 is 1.90 bits per heavy atom. The normalized spacial score (nSPS) is 19.9. The summed E-state index contributed by atoms with van der Waals surface area (Å²) >= 11 is 0. The Bertz CT molecular complexity index is 1090. The molecule has 150 valence electrons. The van der Waals surface area contributed by atoms with E-state index in [1.807, 2.05) is 0 Å². The lowest BCUT2D eigenvalue weighted by molar-refractivity contribution is -0.122. The van der Waals surface area contributed by atoms with Crippen LogP contribution in [0.1, 0.15) is 62.4 Å². The van der Waals surface area contributed by atoms with E-state index in [-0.39, 0.29) is 63.5 Å². The Morgan fingerprint density at radius 3 is 2.52 bits per heavy atom. The fraction of sp³-hybridized carbons (Fsp3) is 0.286. The number of phenolic OH excluding ortho intramolecular Hbond substituents is 1. The van der Waals surface area contributed by atoms with E-state index in [4.69, 9.17) is 15.5 Å². The fourth-order valence-electron chi connectivity index (χ4n) is 4.32. The molecule has 0 aromatic heterocycles. The zero-order valence-electron chi connectivity index (χ0n) is 15.8. The van der Waals surface area contributed by atoms with E-state index in [2.05, 4.69) is 0 Å². The molecule has 0 radical (unpaired) electrons. The van der Waals surface area contributed by atoms with Gasteiger partial charge in [-0.2, -0.15) is 5.90 Å². The zero-order valence-corrected chi connectivity index (χ0v) is 15.8. The van der Waals surface area contributed by atoms with Gasteiger partial charge in [-0.05, 0) is 25.8 Å². The van der Waals surface area contributed by atoms with E-state index < -0.39 is 29.3 Å². The monoisotopic (exact) mass is 397 g/mol. The number of carbonyl (C=O) groups excluding carboxylic acids is 3. The molecule has 4 N–H and O–H groups in total. The first-order chi connectivity index (χ1) is 13.8. The number of benzene rings is 2. The van der Waals surface area contributed by atoms with Gasteiger partial charge >= 0.3 is 0 Å². The molecule has 0 aliphatic heterocycles. The molecule has 0 unspecified atom stereocenters. The van der Waals surface area contributed by atoms with E-state index in [1.165, 1.54) is 26.2 Å². The molecule has 0 saturated heterocycles. The van der Waals surface area contributed by atoms with Crippen molar-refractivity contribution in [2.45, 2.75) is 25.9 Å². The van der Waals surface area contributed by atoms with Gasteiger partial charge in [0.2, 0.25) is 5.78 Å². The molecule has 2 aliphatic rings. The van der Waals surface area contributed by atoms with E-state index in [0.717, 1.165) is 0 Å². The van der Waals surface area contributed by atoms with Gasteiger partial charge in [-0.1, -0.05) is 12.1 Å². The number of carbonyl (C=O) groups is 3. The Balaban J connectivity index is 2.05. The van der Waals surface area contributed by atoms with Gasteiger partial charge in [0.1, 0.15) is 17.3 Å². The highest BCUT2D eigenvalue weighted by atomic mass is 16.6. The summed E-state index contributed by atoms with van der Waals surface area (Å²) in [5.74, 6) is 3.18. The molecule has 4 rings (SSSR count). The predicted octanol–water partition coefficient (Wildman–Crippen LogP) is 1.61. The average molecular weight is 397 g/mol. The van der Waals surface area contributed by atoms with Crippen LogP contribution in [0.2, 0.25) is 0 Å². The third-order valence-electron chi connectivity index (χ3n) is 5.72. The summed E-state index contributed by atoms with van der Waals surface area (Å²) in [6.45, 7) is 1.40. The molecule has 0 fully saturated rings. The van der Waals surface area contributed by atoms with Crippen LogP contribution >= 0.6 is 0 Å². The van der Waals surface area contributed by atoms with Crippen molar-refractivity contribution in [2.24, 2.45) is 11.8 Å². The van der Waals surface area contributed by atoms with Gasteiger partial charge in [0, 0.05) is 22.6 Å². The highest BCUT2D eigenvalue weighted by molar-refractivity contribution is 6.31. The van der Waals surface area contributed by atoms with Crippen LogP contribution in [0.3, 0.4) is 0 Å². The Hall–Kier alpha value is -3.23. The summed E-state index contributed by atoms with van der Waals surface area (Å²) in [6, 6.07) is 4.59. The number of aliphatic hydroxyl groups is 1. The maximum atomic E-state index is 13.3. The van der Waals surface area contributed by atoms with Gasteiger partial charge in [0.15, 0.2) is 11.5 Å². The number of Topliss-reactive ketones (excluding diaryl/α,β-unsaturated/α-hetero) is 1. The van der Waals surface area contributed by atoms with Crippen LogP contribution < -0.4 is 15.5 Å². The molecule has 0 saturated carbocycles. The topological polar surface area (TPSA) is 136 Å². The van der Waals surface area contributed by atoms with Crippen molar-refractivity contribution in [3.63, 3.8) is 0 Å². The first kappa shape index (κ1) is 19.1. The molecule has 2 aliphatic carbocycles. The van der Waals surface area contributed by atoms with Crippen molar-refractivity contribution in [1.82, 2.24) is 0 Å².